The number of nitrogens with zero attached hydrogens (tertiary/aromatic N) is 1. The fourth-order valence-corrected chi connectivity index (χ4v) is 2.17. The molecular formula is C17H21N3O. The lowest BCUT2D eigenvalue weighted by atomic mass is 10.1. The molecule has 21 heavy (non-hydrogen) atoms. The molecule has 0 aliphatic carbocycles. The number of anilines is 1. The summed E-state index contributed by atoms with van der Waals surface area (Å²) in [6.45, 7) is 7.01. The summed E-state index contributed by atoms with van der Waals surface area (Å²) in [5.74, 6) is -0.118. The Morgan fingerprint density at radius 2 is 1.95 bits per heavy atom. The predicted molar refractivity (Wildman–Crippen MR) is 85.5 cm³/mol. The van der Waals surface area contributed by atoms with Gasteiger partial charge in [0.15, 0.2) is 0 Å². The summed E-state index contributed by atoms with van der Waals surface area (Å²) in [5.41, 5.74) is 3.45. The van der Waals surface area contributed by atoms with Crippen LogP contribution < -0.4 is 10.6 Å². The molecule has 0 bridgehead atoms. The number of hydrogen-bond donors (Lipinski definition) is 2. The average Bonchev–Trinajstić information content (AvgIpc) is 2.48. The molecule has 4 nitrogen and oxygen atoms in total. The highest BCUT2D eigenvalue weighted by molar-refractivity contribution is 6.04. The van der Waals surface area contributed by atoms with Gasteiger partial charge in [-0.1, -0.05) is 19.1 Å². The molecule has 1 unspecified atom stereocenters. The molecule has 2 N–H and O–H groups in total. The number of hydrogen-bond acceptors (Lipinski definition) is 3. The molecule has 0 fully saturated rings. The van der Waals surface area contributed by atoms with E-state index in [1.807, 2.05) is 31.2 Å². The highest BCUT2D eigenvalue weighted by atomic mass is 16.1. The van der Waals surface area contributed by atoms with E-state index in [0.717, 1.165) is 17.9 Å². The minimum absolute atomic E-state index is 0.118. The molecule has 2 aromatic rings. The van der Waals surface area contributed by atoms with Gasteiger partial charge in [0.05, 0.1) is 0 Å². The topological polar surface area (TPSA) is 54.0 Å². The van der Waals surface area contributed by atoms with Crippen molar-refractivity contribution in [2.45, 2.75) is 26.8 Å². The van der Waals surface area contributed by atoms with Gasteiger partial charge in [-0.15, -0.1) is 0 Å². The van der Waals surface area contributed by atoms with E-state index in [1.54, 1.807) is 18.3 Å². The van der Waals surface area contributed by atoms with E-state index in [-0.39, 0.29) is 5.91 Å². The summed E-state index contributed by atoms with van der Waals surface area (Å²) in [7, 11) is 0. The number of rotatable bonds is 5. The van der Waals surface area contributed by atoms with Crippen LogP contribution in [0.5, 0.6) is 0 Å². The molecule has 1 atom stereocenters. The smallest absolute Gasteiger partial charge is 0.255 e. The number of benzene rings is 1. The first-order chi connectivity index (χ1) is 10.1. The van der Waals surface area contributed by atoms with Crippen molar-refractivity contribution in [2.24, 2.45) is 0 Å². The number of nitrogens with one attached hydrogen (secondary N) is 2. The molecule has 0 spiro atoms. The normalized spacial score (nSPS) is 12.0. The lowest BCUT2D eigenvalue weighted by Crippen LogP contribution is -2.17. The minimum atomic E-state index is -0.118. The van der Waals surface area contributed by atoms with Gasteiger partial charge in [0.1, 0.15) is 0 Å². The highest BCUT2D eigenvalue weighted by Crippen LogP contribution is 2.16. The van der Waals surface area contributed by atoms with Gasteiger partial charge in [-0.2, -0.15) is 0 Å². The number of aryl methyl sites for hydroxylation is 1. The molecule has 110 valence electrons. The Bertz CT molecular complexity index is 608. The summed E-state index contributed by atoms with van der Waals surface area (Å²) in [5, 5.41) is 6.26. The molecule has 0 radical (unpaired) electrons. The lowest BCUT2D eigenvalue weighted by Gasteiger charge is -2.13. The molecule has 0 aliphatic rings. The molecule has 2 rings (SSSR count). The second-order valence-electron chi connectivity index (χ2n) is 5.04. The summed E-state index contributed by atoms with van der Waals surface area (Å²) in [4.78, 5) is 16.2. The third kappa shape index (κ3) is 4.13. The van der Waals surface area contributed by atoms with E-state index < -0.39 is 0 Å². The van der Waals surface area contributed by atoms with E-state index in [9.17, 15) is 4.79 Å². The van der Waals surface area contributed by atoms with Crippen molar-refractivity contribution in [1.82, 2.24) is 10.3 Å². The molecule has 0 aliphatic heterocycles. The number of carbonyl (C=O) groups is 1. The van der Waals surface area contributed by atoms with Crippen LogP contribution in [-0.4, -0.2) is 17.4 Å². The second kappa shape index (κ2) is 6.99. The predicted octanol–water partition coefficient (Wildman–Crippen LogP) is 3.31. The van der Waals surface area contributed by atoms with Crippen molar-refractivity contribution < 1.29 is 4.79 Å². The third-order valence-electron chi connectivity index (χ3n) is 3.34. The summed E-state index contributed by atoms with van der Waals surface area (Å²) >= 11 is 0. The maximum atomic E-state index is 12.1. The fraction of sp³-hybridized carbons (Fsp3) is 0.294. The molecule has 1 aromatic heterocycles. The van der Waals surface area contributed by atoms with Crippen LogP contribution in [0, 0.1) is 6.92 Å². The van der Waals surface area contributed by atoms with Crippen molar-refractivity contribution in [1.29, 1.82) is 0 Å². The van der Waals surface area contributed by atoms with Crippen LogP contribution in [0.25, 0.3) is 0 Å². The quantitative estimate of drug-likeness (QED) is 0.885. The first-order valence-electron chi connectivity index (χ1n) is 7.17. The van der Waals surface area contributed by atoms with Crippen LogP contribution in [0.15, 0.2) is 42.6 Å². The zero-order valence-corrected chi connectivity index (χ0v) is 12.7. The Balaban J connectivity index is 2.05. The standard InChI is InChI=1S/C17H21N3O/c1-4-18-13(3)14-5-7-16(8-6-14)20-17(21)15-9-10-19-12(2)11-15/h5-11,13,18H,4H2,1-3H3,(H,20,21). The zero-order chi connectivity index (χ0) is 15.2. The largest absolute Gasteiger partial charge is 0.322 e. The van der Waals surface area contributed by atoms with E-state index in [2.05, 4.69) is 29.5 Å². The summed E-state index contributed by atoms with van der Waals surface area (Å²) in [6.07, 6.45) is 1.64. The Kier molecular flexibility index (Phi) is 5.06. The first-order valence-corrected chi connectivity index (χ1v) is 7.17. The van der Waals surface area contributed by atoms with Crippen molar-refractivity contribution in [3.8, 4) is 0 Å². The molecular weight excluding hydrogens is 262 g/mol. The van der Waals surface area contributed by atoms with Crippen LogP contribution in [0.3, 0.4) is 0 Å². The van der Waals surface area contributed by atoms with Gasteiger partial charge >= 0.3 is 0 Å². The average molecular weight is 283 g/mol. The number of amides is 1. The van der Waals surface area contributed by atoms with Gasteiger partial charge in [0.2, 0.25) is 0 Å². The zero-order valence-electron chi connectivity index (χ0n) is 12.7. The van der Waals surface area contributed by atoms with E-state index in [4.69, 9.17) is 0 Å². The molecule has 1 heterocycles. The molecule has 0 saturated heterocycles. The van der Waals surface area contributed by atoms with Gasteiger partial charge in [-0.25, -0.2) is 0 Å². The maximum Gasteiger partial charge on any atom is 0.255 e. The third-order valence-corrected chi connectivity index (χ3v) is 3.34. The van der Waals surface area contributed by atoms with Crippen LogP contribution in [-0.2, 0) is 0 Å². The van der Waals surface area contributed by atoms with Crippen molar-refractivity contribution in [3.05, 3.63) is 59.4 Å². The van der Waals surface area contributed by atoms with Crippen molar-refractivity contribution in [3.63, 3.8) is 0 Å². The first kappa shape index (κ1) is 15.2. The highest BCUT2D eigenvalue weighted by Gasteiger charge is 2.07. The van der Waals surface area contributed by atoms with Crippen molar-refractivity contribution in [2.75, 3.05) is 11.9 Å². The Morgan fingerprint density at radius 3 is 2.57 bits per heavy atom. The molecule has 4 heteroatoms. The molecule has 0 saturated carbocycles. The van der Waals surface area contributed by atoms with Crippen LogP contribution in [0.2, 0.25) is 0 Å². The van der Waals surface area contributed by atoms with E-state index in [0.29, 0.717) is 11.6 Å². The Morgan fingerprint density at radius 1 is 1.24 bits per heavy atom. The number of pyridine rings is 1. The summed E-state index contributed by atoms with van der Waals surface area (Å²) in [6, 6.07) is 11.7. The fourth-order valence-electron chi connectivity index (χ4n) is 2.17. The maximum absolute atomic E-state index is 12.1. The van der Waals surface area contributed by atoms with Crippen LogP contribution in [0.1, 0.15) is 41.5 Å². The second-order valence-corrected chi connectivity index (χ2v) is 5.04. The van der Waals surface area contributed by atoms with Gasteiger partial charge in [-0.05, 0) is 50.2 Å². The number of carbonyl (C=O) groups excluding carboxylic acids is 1. The SMILES string of the molecule is CCNC(C)c1ccc(NC(=O)c2ccnc(C)c2)cc1. The molecule has 1 aromatic carbocycles. The van der Waals surface area contributed by atoms with Gasteiger partial charge in [0, 0.05) is 29.2 Å². The van der Waals surface area contributed by atoms with Crippen LogP contribution >= 0.6 is 0 Å². The number of aromatic nitrogens is 1. The van der Waals surface area contributed by atoms with E-state index >= 15 is 0 Å². The lowest BCUT2D eigenvalue weighted by molar-refractivity contribution is 0.102. The minimum Gasteiger partial charge on any atom is -0.322 e. The molecule has 1 amide bonds. The monoisotopic (exact) mass is 283 g/mol. The van der Waals surface area contributed by atoms with Gasteiger partial charge < -0.3 is 10.6 Å². The Hall–Kier alpha value is -2.20. The van der Waals surface area contributed by atoms with Gasteiger partial charge in [0.25, 0.3) is 5.91 Å². The van der Waals surface area contributed by atoms with Crippen LogP contribution in [0.4, 0.5) is 5.69 Å². The van der Waals surface area contributed by atoms with E-state index in [1.165, 1.54) is 5.56 Å². The Labute approximate surface area is 125 Å². The van der Waals surface area contributed by atoms with Gasteiger partial charge in [-0.3, -0.25) is 9.78 Å². The van der Waals surface area contributed by atoms with Crippen molar-refractivity contribution >= 4 is 11.6 Å². The summed E-state index contributed by atoms with van der Waals surface area (Å²) < 4.78 is 0.